The zero-order valence-corrected chi connectivity index (χ0v) is 21.0. The zero-order chi connectivity index (χ0) is 25.1. The fourth-order valence-corrected chi connectivity index (χ4v) is 5.14. The first-order valence-corrected chi connectivity index (χ1v) is 12.6. The predicted molar refractivity (Wildman–Crippen MR) is 133 cm³/mol. The smallest absolute Gasteiger partial charge is 0.243 e. The molecule has 0 saturated carbocycles. The van der Waals surface area contributed by atoms with Gasteiger partial charge in [0.15, 0.2) is 0 Å². The van der Waals surface area contributed by atoms with Gasteiger partial charge in [0.05, 0.1) is 29.9 Å². The number of para-hydroxylation sites is 2. The van der Waals surface area contributed by atoms with E-state index in [1.165, 1.54) is 5.06 Å². The lowest BCUT2D eigenvalue weighted by Crippen LogP contribution is -2.57. The molecule has 35 heavy (non-hydrogen) atoms. The van der Waals surface area contributed by atoms with E-state index < -0.39 is 12.1 Å². The zero-order valence-electron chi connectivity index (χ0n) is 21.0. The van der Waals surface area contributed by atoms with Crippen LogP contribution in [0.5, 0.6) is 0 Å². The number of amides is 3. The molecule has 3 amide bonds. The van der Waals surface area contributed by atoms with Crippen molar-refractivity contribution in [3.63, 3.8) is 0 Å². The van der Waals surface area contributed by atoms with Gasteiger partial charge in [-0.2, -0.15) is 5.06 Å². The molecule has 3 aliphatic heterocycles. The lowest BCUT2D eigenvalue weighted by atomic mass is 10.0. The lowest BCUT2D eigenvalue weighted by molar-refractivity contribution is -0.155. The van der Waals surface area contributed by atoms with E-state index in [9.17, 15) is 14.4 Å². The Hall–Kier alpha value is -2.85. The number of likely N-dealkylation sites (tertiary alicyclic amines) is 1. The number of hydrogen-bond donors (Lipinski definition) is 4. The quantitative estimate of drug-likeness (QED) is 0.463. The van der Waals surface area contributed by atoms with Crippen molar-refractivity contribution in [2.24, 2.45) is 0 Å². The third-order valence-corrected chi connectivity index (χ3v) is 7.20. The SMILES string of the molecule is CC1CC(C(=O)N[C@@H](CC(=O)N2CCCC[C@@H]2C)C(=O)N[C@@H](C)C2Nc3ccccc3N2)N(C)O1. The molecule has 3 heterocycles. The van der Waals surface area contributed by atoms with E-state index in [-0.39, 0.29) is 48.5 Å². The highest BCUT2D eigenvalue weighted by Gasteiger charge is 2.37. The minimum absolute atomic E-state index is 0.0762. The molecule has 5 atom stereocenters. The first kappa shape index (κ1) is 25.2. The molecule has 0 spiro atoms. The minimum Gasteiger partial charge on any atom is -0.362 e. The largest absolute Gasteiger partial charge is 0.362 e. The molecular formula is C25H38N6O4. The van der Waals surface area contributed by atoms with E-state index in [0.29, 0.717) is 13.0 Å². The summed E-state index contributed by atoms with van der Waals surface area (Å²) >= 11 is 0. The number of likely N-dealkylation sites (N-methyl/N-ethyl adjacent to an activating group) is 1. The van der Waals surface area contributed by atoms with Crippen LogP contribution in [-0.4, -0.2) is 77.7 Å². The maximum atomic E-state index is 13.4. The molecule has 2 saturated heterocycles. The van der Waals surface area contributed by atoms with Gasteiger partial charge in [-0.3, -0.25) is 19.2 Å². The van der Waals surface area contributed by atoms with Crippen molar-refractivity contribution >= 4 is 29.1 Å². The Morgan fingerprint density at radius 2 is 1.80 bits per heavy atom. The summed E-state index contributed by atoms with van der Waals surface area (Å²) in [6.07, 6.45) is 3.16. The van der Waals surface area contributed by atoms with Crippen molar-refractivity contribution in [1.29, 1.82) is 0 Å². The third kappa shape index (κ3) is 5.87. The maximum absolute atomic E-state index is 13.4. The van der Waals surface area contributed by atoms with Crippen molar-refractivity contribution in [2.75, 3.05) is 24.2 Å². The Morgan fingerprint density at radius 3 is 2.40 bits per heavy atom. The summed E-state index contributed by atoms with van der Waals surface area (Å²) in [5.41, 5.74) is 1.94. The molecule has 3 aliphatic rings. The Morgan fingerprint density at radius 1 is 1.11 bits per heavy atom. The van der Waals surface area contributed by atoms with Gasteiger partial charge in [-0.15, -0.1) is 0 Å². The number of rotatable bonds is 7. The maximum Gasteiger partial charge on any atom is 0.243 e. The Balaban J connectivity index is 1.43. The van der Waals surface area contributed by atoms with Crippen LogP contribution in [0.3, 0.4) is 0 Å². The van der Waals surface area contributed by atoms with Crippen LogP contribution in [-0.2, 0) is 19.2 Å². The van der Waals surface area contributed by atoms with Crippen molar-refractivity contribution in [3.05, 3.63) is 24.3 Å². The van der Waals surface area contributed by atoms with Crippen LogP contribution >= 0.6 is 0 Å². The number of nitrogens with one attached hydrogen (secondary N) is 4. The number of hydroxylamine groups is 2. The van der Waals surface area contributed by atoms with Crippen molar-refractivity contribution in [3.8, 4) is 0 Å². The second-order valence-electron chi connectivity index (χ2n) is 10.0. The number of hydrogen-bond acceptors (Lipinski definition) is 7. The molecule has 4 N–H and O–H groups in total. The van der Waals surface area contributed by atoms with Crippen LogP contribution in [0.25, 0.3) is 0 Å². The fraction of sp³-hybridized carbons (Fsp3) is 0.640. The number of benzene rings is 1. The first-order valence-electron chi connectivity index (χ1n) is 12.6. The van der Waals surface area contributed by atoms with Crippen LogP contribution in [0, 0.1) is 0 Å². The molecule has 0 aliphatic carbocycles. The van der Waals surface area contributed by atoms with Gasteiger partial charge >= 0.3 is 0 Å². The van der Waals surface area contributed by atoms with Crippen LogP contribution in [0.2, 0.25) is 0 Å². The highest BCUT2D eigenvalue weighted by molar-refractivity contribution is 5.93. The molecule has 1 aromatic rings. The highest BCUT2D eigenvalue weighted by Crippen LogP contribution is 2.29. The predicted octanol–water partition coefficient (Wildman–Crippen LogP) is 1.65. The van der Waals surface area contributed by atoms with Gasteiger partial charge < -0.3 is 26.2 Å². The van der Waals surface area contributed by atoms with Gasteiger partial charge in [0.25, 0.3) is 0 Å². The van der Waals surface area contributed by atoms with E-state index in [2.05, 4.69) is 21.3 Å². The van der Waals surface area contributed by atoms with Gasteiger partial charge in [-0.25, -0.2) is 0 Å². The van der Waals surface area contributed by atoms with Crippen molar-refractivity contribution in [2.45, 2.75) is 89.3 Å². The second kappa shape index (κ2) is 10.8. The average Bonchev–Trinajstić information content (AvgIpc) is 3.41. The molecule has 10 nitrogen and oxygen atoms in total. The standard InChI is InChI=1S/C25H38N6O4/c1-15-9-7-8-12-31(15)22(32)14-20(29-25(34)21-13-16(2)35-30(21)4)24(33)26-17(3)23-27-18-10-5-6-11-19(18)28-23/h5-6,10-11,15-17,20-21,23,27-28H,7-9,12-14H2,1-4H3,(H,26,33)(H,29,34)/t15-,16?,17-,20-,21?/m0/s1. The lowest BCUT2D eigenvalue weighted by Gasteiger charge is -2.34. The third-order valence-electron chi connectivity index (χ3n) is 7.20. The highest BCUT2D eigenvalue weighted by atomic mass is 16.7. The number of anilines is 2. The number of carbonyl (C=O) groups excluding carboxylic acids is 3. The Bertz CT molecular complexity index is 897. The first-order chi connectivity index (χ1) is 16.7. The van der Waals surface area contributed by atoms with E-state index in [4.69, 9.17) is 4.84 Å². The van der Waals surface area contributed by atoms with Crippen LogP contribution in [0.4, 0.5) is 11.4 Å². The van der Waals surface area contributed by atoms with E-state index in [1.807, 2.05) is 49.9 Å². The molecule has 0 bridgehead atoms. The van der Waals surface area contributed by atoms with E-state index in [0.717, 1.165) is 30.6 Å². The molecule has 192 valence electrons. The number of piperidine rings is 1. The van der Waals surface area contributed by atoms with Gasteiger partial charge in [0.1, 0.15) is 18.2 Å². The molecule has 0 radical (unpaired) electrons. The van der Waals surface area contributed by atoms with Gasteiger partial charge in [0, 0.05) is 26.1 Å². The van der Waals surface area contributed by atoms with Crippen LogP contribution in [0.1, 0.15) is 52.9 Å². The number of nitrogens with zero attached hydrogens (tertiary/aromatic N) is 2. The Kier molecular flexibility index (Phi) is 7.81. The summed E-state index contributed by atoms with van der Waals surface area (Å²) in [5, 5.41) is 14.1. The summed E-state index contributed by atoms with van der Waals surface area (Å²) in [6, 6.07) is 6.20. The molecule has 1 aromatic carbocycles. The van der Waals surface area contributed by atoms with Crippen LogP contribution < -0.4 is 21.3 Å². The second-order valence-corrected chi connectivity index (χ2v) is 10.0. The number of carbonyl (C=O) groups is 3. The molecule has 4 rings (SSSR count). The minimum atomic E-state index is -0.973. The summed E-state index contributed by atoms with van der Waals surface area (Å²) in [5.74, 6) is -0.800. The number of fused-ring (bicyclic) bond motifs is 1. The fourth-order valence-electron chi connectivity index (χ4n) is 5.14. The molecule has 0 aromatic heterocycles. The summed E-state index contributed by atoms with van der Waals surface area (Å²) < 4.78 is 0. The Labute approximate surface area is 207 Å². The molecule has 2 unspecified atom stereocenters. The molecule has 2 fully saturated rings. The summed E-state index contributed by atoms with van der Waals surface area (Å²) in [7, 11) is 1.71. The van der Waals surface area contributed by atoms with E-state index in [1.54, 1.807) is 7.05 Å². The van der Waals surface area contributed by atoms with Crippen molar-refractivity contribution in [1.82, 2.24) is 20.6 Å². The van der Waals surface area contributed by atoms with E-state index >= 15 is 0 Å². The normalized spacial score (nSPS) is 26.3. The molecular weight excluding hydrogens is 448 g/mol. The monoisotopic (exact) mass is 486 g/mol. The average molecular weight is 487 g/mol. The summed E-state index contributed by atoms with van der Waals surface area (Å²) in [4.78, 5) is 47.0. The summed E-state index contributed by atoms with van der Waals surface area (Å²) in [6.45, 7) is 6.51. The van der Waals surface area contributed by atoms with Gasteiger partial charge in [-0.05, 0) is 52.2 Å². The van der Waals surface area contributed by atoms with Crippen molar-refractivity contribution < 1.29 is 19.2 Å². The molecule has 10 heteroatoms. The van der Waals surface area contributed by atoms with Crippen LogP contribution in [0.15, 0.2) is 24.3 Å². The van der Waals surface area contributed by atoms with Gasteiger partial charge in [0.2, 0.25) is 17.7 Å². The topological polar surface area (TPSA) is 115 Å². The van der Waals surface area contributed by atoms with Gasteiger partial charge in [-0.1, -0.05) is 12.1 Å².